The monoisotopic (exact) mass is 313 g/mol. The summed E-state index contributed by atoms with van der Waals surface area (Å²) in [6.45, 7) is 0.309. The minimum Gasteiger partial charge on any atom is -0.480 e. The van der Waals surface area contributed by atoms with E-state index in [-0.39, 0.29) is 31.8 Å². The standard InChI is InChI=1S/C14H23N3O5/c18-12(17-6-7-22-9-11(17)13(19)20)8-15-14(21)16-10-4-2-1-3-5-10/h10-11H,1-9H2,(H,19,20)(H2,15,16,21). The molecule has 124 valence electrons. The molecular weight excluding hydrogens is 290 g/mol. The van der Waals surface area contributed by atoms with Crippen LogP contribution in [0.1, 0.15) is 32.1 Å². The van der Waals surface area contributed by atoms with Gasteiger partial charge in [-0.05, 0) is 12.8 Å². The Labute approximate surface area is 129 Å². The lowest BCUT2D eigenvalue weighted by atomic mass is 9.96. The molecule has 1 aliphatic carbocycles. The van der Waals surface area contributed by atoms with Crippen molar-refractivity contribution in [2.24, 2.45) is 0 Å². The average Bonchev–Trinajstić information content (AvgIpc) is 2.53. The number of urea groups is 1. The second kappa shape index (κ2) is 7.98. The minimum absolute atomic E-state index is 0.0185. The third-order valence-electron chi connectivity index (χ3n) is 4.07. The van der Waals surface area contributed by atoms with Crippen LogP contribution in [0.2, 0.25) is 0 Å². The third kappa shape index (κ3) is 4.59. The number of ether oxygens (including phenoxy) is 1. The molecular formula is C14H23N3O5. The van der Waals surface area contributed by atoms with Crippen molar-refractivity contribution in [2.75, 3.05) is 26.3 Å². The summed E-state index contributed by atoms with van der Waals surface area (Å²) in [5.74, 6) is -1.51. The smallest absolute Gasteiger partial charge is 0.328 e. The van der Waals surface area contributed by atoms with Crippen LogP contribution < -0.4 is 10.6 Å². The van der Waals surface area contributed by atoms with Crippen molar-refractivity contribution in [2.45, 2.75) is 44.2 Å². The lowest BCUT2D eigenvalue weighted by Crippen LogP contribution is -2.55. The van der Waals surface area contributed by atoms with Gasteiger partial charge in [0.05, 0.1) is 19.8 Å². The van der Waals surface area contributed by atoms with Gasteiger partial charge in [0.1, 0.15) is 0 Å². The molecule has 0 radical (unpaired) electrons. The van der Waals surface area contributed by atoms with E-state index in [0.717, 1.165) is 25.7 Å². The van der Waals surface area contributed by atoms with E-state index in [1.807, 2.05) is 0 Å². The molecule has 0 aromatic carbocycles. The van der Waals surface area contributed by atoms with Crippen LogP contribution in [0.5, 0.6) is 0 Å². The number of nitrogens with one attached hydrogen (secondary N) is 2. The molecule has 3 amide bonds. The second-order valence-electron chi connectivity index (χ2n) is 5.68. The number of nitrogens with zero attached hydrogens (tertiary/aromatic N) is 1. The molecule has 0 bridgehead atoms. The first-order chi connectivity index (χ1) is 10.6. The number of amides is 3. The molecule has 2 fully saturated rings. The van der Waals surface area contributed by atoms with E-state index in [2.05, 4.69) is 10.6 Å². The predicted molar refractivity (Wildman–Crippen MR) is 77.4 cm³/mol. The van der Waals surface area contributed by atoms with Gasteiger partial charge in [0.15, 0.2) is 6.04 Å². The van der Waals surface area contributed by atoms with Gasteiger partial charge in [-0.1, -0.05) is 19.3 Å². The molecule has 1 heterocycles. The normalized spacial score (nSPS) is 22.9. The highest BCUT2D eigenvalue weighted by molar-refractivity contribution is 5.87. The molecule has 1 aliphatic heterocycles. The zero-order chi connectivity index (χ0) is 15.9. The van der Waals surface area contributed by atoms with Crippen LogP contribution in [0, 0.1) is 0 Å². The quantitative estimate of drug-likeness (QED) is 0.673. The number of carbonyl (C=O) groups is 3. The highest BCUT2D eigenvalue weighted by atomic mass is 16.5. The Balaban J connectivity index is 1.75. The number of rotatable bonds is 4. The molecule has 22 heavy (non-hydrogen) atoms. The third-order valence-corrected chi connectivity index (χ3v) is 4.07. The number of carbonyl (C=O) groups excluding carboxylic acids is 2. The van der Waals surface area contributed by atoms with E-state index in [0.29, 0.717) is 6.61 Å². The predicted octanol–water partition coefficient (Wildman–Crippen LogP) is -0.0697. The topological polar surface area (TPSA) is 108 Å². The first-order valence-electron chi connectivity index (χ1n) is 7.72. The lowest BCUT2D eigenvalue weighted by molar-refractivity contribution is -0.157. The number of hydrogen-bond donors (Lipinski definition) is 3. The van der Waals surface area contributed by atoms with Crippen molar-refractivity contribution in [1.82, 2.24) is 15.5 Å². The number of aliphatic carboxylic acids is 1. The van der Waals surface area contributed by atoms with Crippen molar-refractivity contribution in [1.29, 1.82) is 0 Å². The first kappa shape index (κ1) is 16.5. The maximum atomic E-state index is 12.1. The van der Waals surface area contributed by atoms with Crippen LogP contribution in [0.4, 0.5) is 4.79 Å². The molecule has 1 saturated carbocycles. The van der Waals surface area contributed by atoms with E-state index in [4.69, 9.17) is 9.84 Å². The Kier molecular flexibility index (Phi) is 6.00. The molecule has 8 heteroatoms. The highest BCUT2D eigenvalue weighted by Crippen LogP contribution is 2.17. The molecule has 8 nitrogen and oxygen atoms in total. The number of carboxylic acids is 1. The number of hydrogen-bond acceptors (Lipinski definition) is 4. The van der Waals surface area contributed by atoms with Crippen molar-refractivity contribution in [3.63, 3.8) is 0 Å². The van der Waals surface area contributed by atoms with Gasteiger partial charge in [0.25, 0.3) is 0 Å². The summed E-state index contributed by atoms with van der Waals surface area (Å²) < 4.78 is 5.08. The molecule has 0 aromatic rings. The van der Waals surface area contributed by atoms with Gasteiger partial charge in [0.2, 0.25) is 5.91 Å². The van der Waals surface area contributed by atoms with Gasteiger partial charge in [-0.25, -0.2) is 9.59 Å². The van der Waals surface area contributed by atoms with Gasteiger partial charge in [-0.3, -0.25) is 4.79 Å². The Morgan fingerprint density at radius 2 is 1.91 bits per heavy atom. The summed E-state index contributed by atoms with van der Waals surface area (Å²) in [7, 11) is 0. The van der Waals surface area contributed by atoms with Crippen LogP contribution in [0.25, 0.3) is 0 Å². The Morgan fingerprint density at radius 1 is 1.18 bits per heavy atom. The van der Waals surface area contributed by atoms with Crippen LogP contribution in [0.3, 0.4) is 0 Å². The molecule has 0 aromatic heterocycles. The summed E-state index contributed by atoms with van der Waals surface area (Å²) in [6, 6.07) is -1.19. The van der Waals surface area contributed by atoms with Gasteiger partial charge < -0.3 is 25.4 Å². The molecule has 1 unspecified atom stereocenters. The van der Waals surface area contributed by atoms with Crippen molar-refractivity contribution >= 4 is 17.9 Å². The fourth-order valence-electron chi connectivity index (χ4n) is 2.85. The van der Waals surface area contributed by atoms with Crippen LogP contribution in [-0.4, -0.2) is 66.3 Å². The van der Waals surface area contributed by atoms with Gasteiger partial charge >= 0.3 is 12.0 Å². The maximum Gasteiger partial charge on any atom is 0.328 e. The zero-order valence-electron chi connectivity index (χ0n) is 12.5. The van der Waals surface area contributed by atoms with Crippen molar-refractivity contribution in [3.8, 4) is 0 Å². The molecule has 2 aliphatic rings. The molecule has 2 rings (SSSR count). The molecule has 3 N–H and O–H groups in total. The van der Waals surface area contributed by atoms with E-state index < -0.39 is 17.9 Å². The van der Waals surface area contributed by atoms with Gasteiger partial charge in [-0.2, -0.15) is 0 Å². The molecule has 0 spiro atoms. The van der Waals surface area contributed by atoms with E-state index in [9.17, 15) is 14.4 Å². The summed E-state index contributed by atoms with van der Waals surface area (Å²) in [4.78, 5) is 36.2. The number of morpholine rings is 1. The fraction of sp³-hybridized carbons (Fsp3) is 0.786. The fourth-order valence-corrected chi connectivity index (χ4v) is 2.85. The zero-order valence-corrected chi connectivity index (χ0v) is 12.5. The van der Waals surface area contributed by atoms with Crippen LogP contribution in [-0.2, 0) is 14.3 Å². The van der Waals surface area contributed by atoms with Gasteiger partial charge in [0, 0.05) is 12.6 Å². The molecule has 1 atom stereocenters. The summed E-state index contributed by atoms with van der Waals surface area (Å²) in [5, 5.41) is 14.4. The van der Waals surface area contributed by atoms with Gasteiger partial charge in [-0.15, -0.1) is 0 Å². The highest BCUT2D eigenvalue weighted by Gasteiger charge is 2.32. The lowest BCUT2D eigenvalue weighted by Gasteiger charge is -2.33. The van der Waals surface area contributed by atoms with Crippen LogP contribution in [0.15, 0.2) is 0 Å². The summed E-state index contributed by atoms with van der Waals surface area (Å²) in [6.07, 6.45) is 5.35. The van der Waals surface area contributed by atoms with E-state index in [1.54, 1.807) is 0 Å². The minimum atomic E-state index is -1.10. The second-order valence-corrected chi connectivity index (χ2v) is 5.68. The van der Waals surface area contributed by atoms with Crippen molar-refractivity contribution < 1.29 is 24.2 Å². The Hall–Kier alpha value is -1.83. The van der Waals surface area contributed by atoms with E-state index in [1.165, 1.54) is 11.3 Å². The molecule has 1 saturated heterocycles. The average molecular weight is 313 g/mol. The first-order valence-corrected chi connectivity index (χ1v) is 7.72. The SMILES string of the molecule is O=C(NCC(=O)N1CCOCC1C(=O)O)NC1CCCCC1. The van der Waals surface area contributed by atoms with Crippen LogP contribution >= 0.6 is 0 Å². The maximum absolute atomic E-state index is 12.1. The van der Waals surface area contributed by atoms with E-state index >= 15 is 0 Å². The summed E-state index contributed by atoms with van der Waals surface area (Å²) >= 11 is 0. The van der Waals surface area contributed by atoms with Crippen molar-refractivity contribution in [3.05, 3.63) is 0 Å². The summed E-state index contributed by atoms with van der Waals surface area (Å²) in [5.41, 5.74) is 0. The Bertz CT molecular complexity index is 423. The number of carboxylic acid groups (broad SMARTS) is 1. The largest absolute Gasteiger partial charge is 0.480 e. The Morgan fingerprint density at radius 3 is 2.59 bits per heavy atom.